The van der Waals surface area contributed by atoms with Gasteiger partial charge in [-0.15, -0.1) is 0 Å². The van der Waals surface area contributed by atoms with E-state index in [9.17, 15) is 9.59 Å². The van der Waals surface area contributed by atoms with Gasteiger partial charge in [-0.3, -0.25) is 9.59 Å². The molecule has 3 rings (SSSR count). The molecule has 27 heavy (non-hydrogen) atoms. The van der Waals surface area contributed by atoms with Crippen LogP contribution in [0.15, 0.2) is 71.2 Å². The van der Waals surface area contributed by atoms with Gasteiger partial charge in [0.2, 0.25) is 0 Å². The molecule has 0 atom stereocenters. The first-order valence-electron chi connectivity index (χ1n) is 7.86. The van der Waals surface area contributed by atoms with Crippen molar-refractivity contribution in [1.29, 1.82) is 0 Å². The second kappa shape index (κ2) is 9.16. The number of anilines is 2. The lowest BCUT2D eigenvalue weighted by Crippen LogP contribution is -2.14. The SMILES string of the molecule is O=C(Nc1ccc(NC(=O)c2cc(I)ccc2I)cc1)c1cccc(Br)c1. The van der Waals surface area contributed by atoms with Crippen molar-refractivity contribution in [1.82, 2.24) is 0 Å². The van der Waals surface area contributed by atoms with Gasteiger partial charge in [0.25, 0.3) is 11.8 Å². The van der Waals surface area contributed by atoms with Crippen LogP contribution in [0.1, 0.15) is 20.7 Å². The Morgan fingerprint density at radius 3 is 2.04 bits per heavy atom. The highest BCUT2D eigenvalue weighted by Gasteiger charge is 2.11. The summed E-state index contributed by atoms with van der Waals surface area (Å²) in [6, 6.07) is 19.9. The second-order valence-corrected chi connectivity index (χ2v) is 8.94. The van der Waals surface area contributed by atoms with E-state index in [0.717, 1.165) is 11.6 Å². The quantitative estimate of drug-likeness (QED) is 0.334. The van der Waals surface area contributed by atoms with E-state index in [4.69, 9.17) is 0 Å². The fourth-order valence-electron chi connectivity index (χ4n) is 2.34. The third-order valence-corrected chi connectivity index (χ3v) is 5.77. The van der Waals surface area contributed by atoms with E-state index in [1.165, 1.54) is 0 Å². The van der Waals surface area contributed by atoms with Gasteiger partial charge in [0.05, 0.1) is 5.56 Å². The number of carbonyl (C=O) groups excluding carboxylic acids is 2. The average molecular weight is 647 g/mol. The molecule has 136 valence electrons. The van der Waals surface area contributed by atoms with Gasteiger partial charge in [0.15, 0.2) is 0 Å². The van der Waals surface area contributed by atoms with Crippen LogP contribution >= 0.6 is 61.1 Å². The van der Waals surface area contributed by atoms with Gasteiger partial charge >= 0.3 is 0 Å². The molecule has 0 unspecified atom stereocenters. The molecule has 3 aromatic rings. The average Bonchev–Trinajstić information content (AvgIpc) is 2.65. The van der Waals surface area contributed by atoms with Gasteiger partial charge in [-0.2, -0.15) is 0 Å². The Hall–Kier alpha value is -1.46. The van der Waals surface area contributed by atoms with Crippen molar-refractivity contribution in [3.05, 3.63) is 89.5 Å². The molecule has 0 aromatic heterocycles. The molecule has 3 aromatic carbocycles. The zero-order chi connectivity index (χ0) is 19.4. The predicted octanol–water partition coefficient (Wildman–Crippen LogP) is 6.16. The lowest BCUT2D eigenvalue weighted by Gasteiger charge is -2.09. The fourth-order valence-corrected chi connectivity index (χ4v) is 3.81. The molecule has 2 N–H and O–H groups in total. The fraction of sp³-hybridized carbons (Fsp3) is 0. The molecule has 4 nitrogen and oxygen atoms in total. The van der Waals surface area contributed by atoms with Crippen molar-refractivity contribution in [3.8, 4) is 0 Å². The van der Waals surface area contributed by atoms with Gasteiger partial charge < -0.3 is 10.6 Å². The molecule has 0 aliphatic carbocycles. The maximum atomic E-state index is 12.5. The Labute approximate surface area is 192 Å². The molecular formula is C20H13BrI2N2O2. The number of hydrogen-bond donors (Lipinski definition) is 2. The minimum atomic E-state index is -0.193. The van der Waals surface area contributed by atoms with Crippen LogP contribution in [0.25, 0.3) is 0 Å². The molecule has 0 aliphatic heterocycles. The van der Waals surface area contributed by atoms with E-state index in [1.807, 2.05) is 30.3 Å². The lowest BCUT2D eigenvalue weighted by molar-refractivity contribution is 0.101. The summed E-state index contributed by atoms with van der Waals surface area (Å²) in [6.07, 6.45) is 0. The Morgan fingerprint density at radius 1 is 0.778 bits per heavy atom. The topological polar surface area (TPSA) is 58.2 Å². The van der Waals surface area contributed by atoms with Gasteiger partial charge in [-0.05, 0) is 106 Å². The summed E-state index contributed by atoms with van der Waals surface area (Å²) in [6.45, 7) is 0. The standard InChI is InChI=1S/C20H13BrI2N2O2/c21-13-3-1-2-12(10-13)19(26)24-15-5-7-16(8-6-15)25-20(27)17-11-14(22)4-9-18(17)23/h1-11H,(H,24,26)(H,25,27). The summed E-state index contributed by atoms with van der Waals surface area (Å²) in [5.74, 6) is -0.356. The number of halogens is 3. The predicted molar refractivity (Wildman–Crippen MR) is 128 cm³/mol. The molecule has 0 bridgehead atoms. The summed E-state index contributed by atoms with van der Waals surface area (Å²) < 4.78 is 2.74. The molecule has 0 saturated heterocycles. The molecule has 0 aliphatic rings. The van der Waals surface area contributed by atoms with Gasteiger partial charge in [0, 0.05) is 28.6 Å². The van der Waals surface area contributed by atoms with Gasteiger partial charge in [-0.25, -0.2) is 0 Å². The Morgan fingerprint density at radius 2 is 1.41 bits per heavy atom. The summed E-state index contributed by atoms with van der Waals surface area (Å²) in [4.78, 5) is 24.8. The third kappa shape index (κ3) is 5.52. The molecule has 0 radical (unpaired) electrons. The number of hydrogen-bond acceptors (Lipinski definition) is 2. The second-order valence-electron chi connectivity index (χ2n) is 5.62. The third-order valence-electron chi connectivity index (χ3n) is 3.66. The van der Waals surface area contributed by atoms with E-state index < -0.39 is 0 Å². The zero-order valence-corrected chi connectivity index (χ0v) is 19.7. The molecule has 2 amide bonds. The van der Waals surface area contributed by atoms with E-state index in [-0.39, 0.29) is 11.8 Å². The number of nitrogens with one attached hydrogen (secondary N) is 2. The van der Waals surface area contributed by atoms with Crippen molar-refractivity contribution in [2.45, 2.75) is 0 Å². The Balaban J connectivity index is 1.67. The van der Waals surface area contributed by atoms with Crippen molar-refractivity contribution in [2.24, 2.45) is 0 Å². The van der Waals surface area contributed by atoms with Crippen molar-refractivity contribution in [3.63, 3.8) is 0 Å². The minimum Gasteiger partial charge on any atom is -0.322 e. The summed E-state index contributed by atoms with van der Waals surface area (Å²) in [5, 5.41) is 5.72. The van der Waals surface area contributed by atoms with Crippen LogP contribution in [-0.2, 0) is 0 Å². The highest BCUT2D eigenvalue weighted by molar-refractivity contribution is 14.1. The molecule has 0 spiro atoms. The number of rotatable bonds is 4. The molecule has 0 fully saturated rings. The van der Waals surface area contributed by atoms with Crippen molar-refractivity contribution >= 4 is 84.3 Å². The van der Waals surface area contributed by atoms with E-state index in [0.29, 0.717) is 22.5 Å². The first-order valence-corrected chi connectivity index (χ1v) is 10.8. The van der Waals surface area contributed by atoms with Crippen LogP contribution < -0.4 is 10.6 Å². The maximum Gasteiger partial charge on any atom is 0.256 e. The van der Waals surface area contributed by atoms with E-state index in [2.05, 4.69) is 71.7 Å². The lowest BCUT2D eigenvalue weighted by atomic mass is 10.2. The highest BCUT2D eigenvalue weighted by Crippen LogP contribution is 2.20. The first kappa shape index (κ1) is 20.3. The Bertz CT molecular complexity index is 1010. The largest absolute Gasteiger partial charge is 0.322 e. The van der Waals surface area contributed by atoms with Crippen LogP contribution in [0.3, 0.4) is 0 Å². The number of benzene rings is 3. The first-order chi connectivity index (χ1) is 12.9. The smallest absolute Gasteiger partial charge is 0.256 e. The van der Waals surface area contributed by atoms with Crippen molar-refractivity contribution < 1.29 is 9.59 Å². The molecular weight excluding hydrogens is 634 g/mol. The van der Waals surface area contributed by atoms with Crippen LogP contribution in [0, 0.1) is 7.14 Å². The van der Waals surface area contributed by atoms with E-state index >= 15 is 0 Å². The summed E-state index contributed by atoms with van der Waals surface area (Å²) in [5.41, 5.74) is 2.52. The van der Waals surface area contributed by atoms with Crippen LogP contribution in [0.4, 0.5) is 11.4 Å². The number of carbonyl (C=O) groups is 2. The normalized spacial score (nSPS) is 10.3. The molecule has 0 heterocycles. The highest BCUT2D eigenvalue weighted by atomic mass is 127. The maximum absolute atomic E-state index is 12.5. The zero-order valence-electron chi connectivity index (χ0n) is 13.8. The molecule has 0 saturated carbocycles. The number of amides is 2. The Kier molecular flexibility index (Phi) is 6.88. The van der Waals surface area contributed by atoms with Crippen molar-refractivity contribution in [2.75, 3.05) is 10.6 Å². The minimum absolute atomic E-state index is 0.163. The molecule has 7 heteroatoms. The summed E-state index contributed by atoms with van der Waals surface area (Å²) >= 11 is 7.68. The van der Waals surface area contributed by atoms with Crippen LogP contribution in [0.5, 0.6) is 0 Å². The summed E-state index contributed by atoms with van der Waals surface area (Å²) in [7, 11) is 0. The monoisotopic (exact) mass is 646 g/mol. The van der Waals surface area contributed by atoms with Gasteiger partial charge in [-0.1, -0.05) is 22.0 Å². The van der Waals surface area contributed by atoms with Crippen LogP contribution in [0.2, 0.25) is 0 Å². The van der Waals surface area contributed by atoms with Crippen LogP contribution in [-0.4, -0.2) is 11.8 Å². The van der Waals surface area contributed by atoms with E-state index in [1.54, 1.807) is 36.4 Å². The van der Waals surface area contributed by atoms with Gasteiger partial charge in [0.1, 0.15) is 0 Å².